The van der Waals surface area contributed by atoms with E-state index in [2.05, 4.69) is 0 Å². The van der Waals surface area contributed by atoms with Crippen LogP contribution in [0.4, 0.5) is 8.78 Å². The predicted molar refractivity (Wildman–Crippen MR) is 123 cm³/mol. The number of unbranched alkanes of at least 4 members (excludes halogenated alkanes) is 4. The number of hydrogen-bond donors (Lipinski definition) is 0. The zero-order chi connectivity index (χ0) is 23.7. The number of benzene rings is 1. The first-order chi connectivity index (χ1) is 15.9. The molecular formula is C27H38F2O4. The lowest BCUT2D eigenvalue weighted by atomic mass is 9.82. The fraction of sp³-hybridized carbons (Fsp3) is 0.704. The van der Waals surface area contributed by atoms with E-state index in [-0.39, 0.29) is 42.5 Å². The van der Waals surface area contributed by atoms with E-state index < -0.39 is 12.0 Å². The van der Waals surface area contributed by atoms with Crippen LogP contribution in [0.1, 0.15) is 89.5 Å². The maximum Gasteiger partial charge on any atom is 0.306 e. The minimum atomic E-state index is -2.80. The third-order valence-corrected chi connectivity index (χ3v) is 7.13. The van der Waals surface area contributed by atoms with Crippen molar-refractivity contribution in [3.8, 4) is 0 Å². The highest BCUT2D eigenvalue weighted by atomic mass is 19.3. The number of alkyl halides is 2. The molecule has 1 aliphatic carbocycles. The standard InChI is InChI=1S/C27H38F2O4/c1-2-3-17-27(28,29)25-16-15-22-21(23(30)18-24(22)33-25)13-9-4-5-10-14-26(31)32-19-20-11-7-6-8-12-20/h6-8,11-12,21-22,24-25H,2-5,9-10,13-19H2,1H3/t21-,22-,24-,25?/m1/s1. The topological polar surface area (TPSA) is 52.6 Å². The van der Waals surface area contributed by atoms with Gasteiger partial charge in [-0.15, -0.1) is 0 Å². The second-order valence-electron chi connectivity index (χ2n) is 9.65. The van der Waals surface area contributed by atoms with Gasteiger partial charge in [0.1, 0.15) is 18.5 Å². The molecular weight excluding hydrogens is 426 g/mol. The van der Waals surface area contributed by atoms with Gasteiger partial charge in [0.05, 0.1) is 6.10 Å². The summed E-state index contributed by atoms with van der Waals surface area (Å²) in [7, 11) is 0. The van der Waals surface area contributed by atoms with E-state index in [1.54, 1.807) is 0 Å². The van der Waals surface area contributed by atoms with Crippen LogP contribution in [0.3, 0.4) is 0 Å². The zero-order valence-corrected chi connectivity index (χ0v) is 19.8. The highest BCUT2D eigenvalue weighted by Crippen LogP contribution is 2.45. The van der Waals surface area contributed by atoms with Gasteiger partial charge in [-0.1, -0.05) is 62.9 Å². The summed E-state index contributed by atoms with van der Waals surface area (Å²) in [6, 6.07) is 9.62. The Balaban J connectivity index is 1.30. The van der Waals surface area contributed by atoms with Crippen LogP contribution in [0.5, 0.6) is 0 Å². The number of ketones is 1. The van der Waals surface area contributed by atoms with Crippen LogP contribution in [0.2, 0.25) is 0 Å². The molecule has 0 spiro atoms. The molecule has 6 heteroatoms. The normalized spacial score (nSPS) is 25.1. The number of Topliss-reactive ketones (excluding diaryl/α,β-unsaturated/α-hetero) is 1. The molecule has 1 heterocycles. The minimum absolute atomic E-state index is 0.0592. The summed E-state index contributed by atoms with van der Waals surface area (Å²) in [6.07, 6.45) is 5.73. The molecule has 1 saturated carbocycles. The van der Waals surface area contributed by atoms with Crippen molar-refractivity contribution in [2.45, 2.75) is 109 Å². The fourth-order valence-corrected chi connectivity index (χ4v) is 5.21. The summed E-state index contributed by atoms with van der Waals surface area (Å²) >= 11 is 0. The van der Waals surface area contributed by atoms with E-state index in [9.17, 15) is 18.4 Å². The van der Waals surface area contributed by atoms with E-state index in [1.807, 2.05) is 37.3 Å². The summed E-state index contributed by atoms with van der Waals surface area (Å²) in [5.74, 6) is -2.78. The first kappa shape index (κ1) is 25.8. The van der Waals surface area contributed by atoms with Crippen LogP contribution >= 0.6 is 0 Å². The van der Waals surface area contributed by atoms with Gasteiger partial charge in [0.2, 0.25) is 0 Å². The van der Waals surface area contributed by atoms with Crippen molar-refractivity contribution in [1.29, 1.82) is 0 Å². The molecule has 1 unspecified atom stereocenters. The Morgan fingerprint density at radius 1 is 1.09 bits per heavy atom. The Morgan fingerprint density at radius 3 is 2.61 bits per heavy atom. The van der Waals surface area contributed by atoms with Crippen molar-refractivity contribution in [2.75, 3.05) is 0 Å². The van der Waals surface area contributed by atoms with Crippen LogP contribution < -0.4 is 0 Å². The number of carbonyl (C=O) groups is 2. The Kier molecular flexibility index (Phi) is 9.84. The molecule has 0 radical (unpaired) electrons. The molecule has 0 N–H and O–H groups in total. The summed E-state index contributed by atoms with van der Waals surface area (Å²) in [5, 5.41) is 0. The van der Waals surface area contributed by atoms with Gasteiger partial charge in [-0.3, -0.25) is 9.59 Å². The van der Waals surface area contributed by atoms with Crippen molar-refractivity contribution in [2.24, 2.45) is 11.8 Å². The Bertz CT molecular complexity index is 752. The molecule has 3 rings (SSSR count). The highest BCUT2D eigenvalue weighted by molar-refractivity contribution is 5.84. The first-order valence-electron chi connectivity index (χ1n) is 12.7. The van der Waals surface area contributed by atoms with Crippen molar-refractivity contribution in [3.05, 3.63) is 35.9 Å². The molecule has 2 fully saturated rings. The van der Waals surface area contributed by atoms with Gasteiger partial charge in [0.15, 0.2) is 0 Å². The van der Waals surface area contributed by atoms with Gasteiger partial charge in [-0.2, -0.15) is 0 Å². The molecule has 1 aromatic rings. The molecule has 1 aromatic carbocycles. The number of esters is 1. The van der Waals surface area contributed by atoms with Crippen molar-refractivity contribution in [3.63, 3.8) is 0 Å². The van der Waals surface area contributed by atoms with E-state index in [0.29, 0.717) is 32.3 Å². The van der Waals surface area contributed by atoms with Crippen LogP contribution in [-0.4, -0.2) is 29.9 Å². The van der Waals surface area contributed by atoms with Crippen LogP contribution in [0, 0.1) is 11.8 Å². The zero-order valence-electron chi connectivity index (χ0n) is 19.8. The summed E-state index contributed by atoms with van der Waals surface area (Å²) < 4.78 is 39.9. The van der Waals surface area contributed by atoms with Crippen LogP contribution in [0.25, 0.3) is 0 Å². The maximum atomic E-state index is 14.4. The summed E-state index contributed by atoms with van der Waals surface area (Å²) in [6.45, 7) is 2.21. The van der Waals surface area contributed by atoms with E-state index in [0.717, 1.165) is 44.1 Å². The molecule has 4 nitrogen and oxygen atoms in total. The van der Waals surface area contributed by atoms with Gasteiger partial charge in [0, 0.05) is 25.2 Å². The van der Waals surface area contributed by atoms with Crippen molar-refractivity contribution >= 4 is 11.8 Å². The minimum Gasteiger partial charge on any atom is -0.461 e. The molecule has 2 aliphatic rings. The molecule has 0 amide bonds. The molecule has 1 aliphatic heterocycles. The molecule has 0 bridgehead atoms. The lowest BCUT2D eigenvalue weighted by molar-refractivity contribution is -0.192. The summed E-state index contributed by atoms with van der Waals surface area (Å²) in [5.41, 5.74) is 0.980. The van der Waals surface area contributed by atoms with E-state index in [4.69, 9.17) is 9.47 Å². The second-order valence-corrected chi connectivity index (χ2v) is 9.65. The van der Waals surface area contributed by atoms with Crippen molar-refractivity contribution in [1.82, 2.24) is 0 Å². The second kappa shape index (κ2) is 12.6. The quantitative estimate of drug-likeness (QED) is 0.242. The third kappa shape index (κ3) is 7.59. The maximum absolute atomic E-state index is 14.4. The molecule has 1 saturated heterocycles. The Hall–Kier alpha value is -1.82. The average molecular weight is 465 g/mol. The molecule has 0 aromatic heterocycles. The number of rotatable bonds is 13. The predicted octanol–water partition coefficient (Wildman–Crippen LogP) is 6.65. The fourth-order valence-electron chi connectivity index (χ4n) is 5.21. The van der Waals surface area contributed by atoms with E-state index in [1.165, 1.54) is 0 Å². The number of carbonyl (C=O) groups excluding carboxylic acids is 2. The van der Waals surface area contributed by atoms with Gasteiger partial charge in [-0.05, 0) is 43.6 Å². The smallest absolute Gasteiger partial charge is 0.306 e. The molecule has 4 atom stereocenters. The Labute approximate surface area is 196 Å². The Morgan fingerprint density at radius 2 is 1.85 bits per heavy atom. The number of halogens is 2. The van der Waals surface area contributed by atoms with E-state index >= 15 is 0 Å². The van der Waals surface area contributed by atoms with Gasteiger partial charge >= 0.3 is 5.97 Å². The largest absolute Gasteiger partial charge is 0.461 e. The lowest BCUT2D eigenvalue weighted by Gasteiger charge is -2.37. The third-order valence-electron chi connectivity index (χ3n) is 7.13. The molecule has 184 valence electrons. The van der Waals surface area contributed by atoms with Crippen molar-refractivity contribution < 1.29 is 27.8 Å². The number of fused-ring (bicyclic) bond motifs is 1. The number of hydrogen-bond acceptors (Lipinski definition) is 4. The van der Waals surface area contributed by atoms with Crippen LogP contribution in [-0.2, 0) is 25.7 Å². The SMILES string of the molecule is CCCCC(F)(F)C1CC[C@H]2[C@@H](CC(=O)[C@@H]2CCCCCCC(=O)OCc2ccccc2)O1. The summed E-state index contributed by atoms with van der Waals surface area (Å²) in [4.78, 5) is 24.4. The van der Waals surface area contributed by atoms with Crippen LogP contribution in [0.15, 0.2) is 30.3 Å². The van der Waals surface area contributed by atoms with Gasteiger partial charge in [-0.25, -0.2) is 8.78 Å². The highest BCUT2D eigenvalue weighted by Gasteiger charge is 2.51. The monoisotopic (exact) mass is 464 g/mol. The first-order valence-corrected chi connectivity index (χ1v) is 12.7. The molecule has 33 heavy (non-hydrogen) atoms. The number of ether oxygens (including phenoxy) is 2. The van der Waals surface area contributed by atoms with Gasteiger partial charge in [0.25, 0.3) is 5.92 Å². The van der Waals surface area contributed by atoms with Gasteiger partial charge < -0.3 is 9.47 Å². The average Bonchev–Trinajstić information content (AvgIpc) is 3.13. The lowest BCUT2D eigenvalue weighted by Crippen LogP contribution is -2.44.